The standard InChI is InChI=1S/C59H61N5O6S/c1-68-51-31-33-53(34-32-51)70-40-57(66)63(55-26-13-14-35-60-55)49-29-27-45(28-30-49)46-21-15-22-50(38-46)64(58(67)41-69-52-23-9-4-10-24-52)59-61-48(42-71-59)37-47-20-11-12-25-54(47)62(39-44-18-7-3-8-19-44)56(65)36-43-16-5-2-6-17-43/h2-14,16-20,23-26,31-35,42,45-46,49-50H,15,21-22,27-30,36-41H2,1H3. The predicted octanol–water partition coefficient (Wildman–Crippen LogP) is 11.6. The van der Waals surface area contributed by atoms with Crippen molar-refractivity contribution in [1.82, 2.24) is 9.97 Å². The van der Waals surface area contributed by atoms with Crippen molar-refractivity contribution in [2.24, 2.45) is 11.8 Å². The average molecular weight is 968 g/mol. The Morgan fingerprint density at radius 3 is 1.90 bits per heavy atom. The Hall–Kier alpha value is -7.31. The fraction of sp³-hybridized carbons (Fsp3) is 0.305. The van der Waals surface area contributed by atoms with Crippen molar-refractivity contribution in [2.45, 2.75) is 82.8 Å². The fourth-order valence-corrected chi connectivity index (χ4v) is 11.3. The lowest BCUT2D eigenvalue weighted by Gasteiger charge is -2.42. The minimum atomic E-state index is -0.125. The molecule has 5 aromatic carbocycles. The number of ether oxygens (including phenoxy) is 3. The zero-order chi connectivity index (χ0) is 48.8. The van der Waals surface area contributed by atoms with Gasteiger partial charge in [0, 0.05) is 35.8 Å². The van der Waals surface area contributed by atoms with Gasteiger partial charge in [-0.25, -0.2) is 9.97 Å². The van der Waals surface area contributed by atoms with Crippen molar-refractivity contribution in [3.05, 3.63) is 192 Å². The summed E-state index contributed by atoms with van der Waals surface area (Å²) in [5.74, 6) is 3.23. The normalized spacial score (nSPS) is 17.6. The van der Waals surface area contributed by atoms with E-state index in [4.69, 9.17) is 19.2 Å². The predicted molar refractivity (Wildman–Crippen MR) is 280 cm³/mol. The van der Waals surface area contributed by atoms with E-state index in [9.17, 15) is 14.4 Å². The molecule has 3 amide bonds. The highest BCUT2D eigenvalue weighted by atomic mass is 32.1. The fourth-order valence-electron chi connectivity index (χ4n) is 10.3. The Bertz CT molecular complexity index is 2790. The maximum Gasteiger partial charge on any atom is 0.266 e. The smallest absolute Gasteiger partial charge is 0.266 e. The van der Waals surface area contributed by atoms with Gasteiger partial charge in [0.25, 0.3) is 11.8 Å². The third-order valence-electron chi connectivity index (χ3n) is 13.9. The van der Waals surface area contributed by atoms with Gasteiger partial charge in [0.05, 0.1) is 25.8 Å². The van der Waals surface area contributed by atoms with Crippen LogP contribution in [0.15, 0.2) is 169 Å². The summed E-state index contributed by atoms with van der Waals surface area (Å²) >= 11 is 1.49. The number of carbonyl (C=O) groups excluding carboxylic acids is 3. The molecule has 0 spiro atoms. The number of rotatable bonds is 19. The van der Waals surface area contributed by atoms with Gasteiger partial charge >= 0.3 is 0 Å². The first kappa shape index (κ1) is 48.7. The second-order valence-corrected chi connectivity index (χ2v) is 19.3. The number of para-hydroxylation sites is 2. The van der Waals surface area contributed by atoms with E-state index in [1.807, 2.05) is 142 Å². The quantitative estimate of drug-likeness (QED) is 0.0787. The Morgan fingerprint density at radius 2 is 1.21 bits per heavy atom. The molecule has 2 saturated carbocycles. The highest BCUT2D eigenvalue weighted by molar-refractivity contribution is 7.14. The van der Waals surface area contributed by atoms with Crippen molar-refractivity contribution < 1.29 is 28.6 Å². The maximum absolute atomic E-state index is 14.6. The number of hydrogen-bond donors (Lipinski definition) is 0. The molecule has 0 N–H and O–H groups in total. The third kappa shape index (κ3) is 12.7. The number of nitrogens with zero attached hydrogens (tertiary/aromatic N) is 5. The molecule has 2 aliphatic carbocycles. The molecule has 0 aliphatic heterocycles. The van der Waals surface area contributed by atoms with E-state index in [1.54, 1.807) is 25.4 Å². The van der Waals surface area contributed by atoms with Gasteiger partial charge < -0.3 is 19.1 Å². The van der Waals surface area contributed by atoms with Crippen LogP contribution in [0.4, 0.5) is 16.6 Å². The number of thiazole rings is 1. The number of amides is 3. The van der Waals surface area contributed by atoms with E-state index in [2.05, 4.69) is 28.6 Å². The van der Waals surface area contributed by atoms with Crippen LogP contribution in [0, 0.1) is 11.8 Å². The number of benzene rings is 5. The molecule has 2 fully saturated rings. The molecule has 364 valence electrons. The number of pyridine rings is 1. The SMILES string of the molecule is COc1ccc(OCC(=O)N(c2ccccn2)C2CCC(C3CCCC(N(C(=O)COc4ccccc4)c4nc(Cc5ccccc5N(Cc5ccccc5)C(=O)Cc5ccccc5)cs4)C3)CC2)cc1. The summed E-state index contributed by atoms with van der Waals surface area (Å²) in [5, 5.41) is 2.71. The van der Waals surface area contributed by atoms with Crippen LogP contribution in [-0.2, 0) is 33.8 Å². The molecule has 0 saturated heterocycles. The summed E-state index contributed by atoms with van der Waals surface area (Å²) in [5.41, 5.74) is 4.66. The van der Waals surface area contributed by atoms with Gasteiger partial charge in [-0.3, -0.25) is 24.2 Å². The summed E-state index contributed by atoms with van der Waals surface area (Å²) < 4.78 is 17.4. The number of methoxy groups -OCH3 is 1. The van der Waals surface area contributed by atoms with Crippen LogP contribution in [0.1, 0.15) is 73.8 Å². The topological polar surface area (TPSA) is 114 Å². The average Bonchev–Trinajstić information content (AvgIpc) is 3.88. The lowest BCUT2D eigenvalue weighted by molar-refractivity contribution is -0.121. The zero-order valence-corrected chi connectivity index (χ0v) is 41.1. The molecular formula is C59H61N5O6S. The lowest BCUT2D eigenvalue weighted by atomic mass is 9.71. The highest BCUT2D eigenvalue weighted by Gasteiger charge is 2.39. The van der Waals surface area contributed by atoms with Crippen molar-refractivity contribution >= 4 is 45.7 Å². The van der Waals surface area contributed by atoms with Crippen molar-refractivity contribution in [3.8, 4) is 17.2 Å². The van der Waals surface area contributed by atoms with Crippen LogP contribution < -0.4 is 28.9 Å². The van der Waals surface area contributed by atoms with Gasteiger partial charge in [-0.15, -0.1) is 11.3 Å². The molecule has 7 aromatic rings. The summed E-state index contributed by atoms with van der Waals surface area (Å²) in [4.78, 5) is 58.2. The first-order chi connectivity index (χ1) is 34.9. The monoisotopic (exact) mass is 967 g/mol. The molecule has 11 nitrogen and oxygen atoms in total. The molecule has 2 atom stereocenters. The number of anilines is 3. The minimum absolute atomic E-state index is 0.00742. The molecule has 0 radical (unpaired) electrons. The lowest BCUT2D eigenvalue weighted by Crippen LogP contribution is -2.48. The van der Waals surface area contributed by atoms with E-state index >= 15 is 0 Å². The number of aromatic nitrogens is 2. The van der Waals surface area contributed by atoms with Gasteiger partial charge in [0.15, 0.2) is 18.3 Å². The van der Waals surface area contributed by atoms with Crippen LogP contribution >= 0.6 is 11.3 Å². The Balaban J connectivity index is 0.910. The van der Waals surface area contributed by atoms with Gasteiger partial charge in [-0.1, -0.05) is 116 Å². The van der Waals surface area contributed by atoms with Gasteiger partial charge in [-0.05, 0) is 122 Å². The Morgan fingerprint density at radius 1 is 0.592 bits per heavy atom. The summed E-state index contributed by atoms with van der Waals surface area (Å²) in [6, 6.07) is 50.4. The number of hydrogen-bond acceptors (Lipinski definition) is 9. The van der Waals surface area contributed by atoms with Crippen molar-refractivity contribution in [2.75, 3.05) is 35.0 Å². The van der Waals surface area contributed by atoms with Crippen LogP contribution in [-0.4, -0.2) is 60.1 Å². The van der Waals surface area contributed by atoms with Crippen molar-refractivity contribution in [1.29, 1.82) is 0 Å². The van der Waals surface area contributed by atoms with Gasteiger partial charge in [-0.2, -0.15) is 0 Å². The highest BCUT2D eigenvalue weighted by Crippen LogP contribution is 2.42. The van der Waals surface area contributed by atoms with Crippen molar-refractivity contribution in [3.63, 3.8) is 0 Å². The zero-order valence-electron chi connectivity index (χ0n) is 40.3. The first-order valence-electron chi connectivity index (χ1n) is 24.8. The maximum atomic E-state index is 14.6. The Labute approximate surface area is 421 Å². The second-order valence-electron chi connectivity index (χ2n) is 18.5. The molecule has 2 unspecified atom stereocenters. The minimum Gasteiger partial charge on any atom is -0.497 e. The molecule has 2 aliphatic rings. The molecular weight excluding hydrogens is 907 g/mol. The van der Waals surface area contributed by atoms with E-state index in [1.165, 1.54) is 11.3 Å². The summed E-state index contributed by atoms with van der Waals surface area (Å²) in [7, 11) is 1.62. The van der Waals surface area contributed by atoms with Crippen LogP contribution in [0.25, 0.3) is 0 Å². The third-order valence-corrected chi connectivity index (χ3v) is 14.8. The molecule has 2 heterocycles. The Kier molecular flexibility index (Phi) is 16.5. The van der Waals surface area contributed by atoms with E-state index in [0.717, 1.165) is 85.2 Å². The van der Waals surface area contributed by atoms with Gasteiger partial charge in [0.2, 0.25) is 5.91 Å². The largest absolute Gasteiger partial charge is 0.497 e. The van der Waals surface area contributed by atoms with E-state index in [-0.39, 0.29) is 49.4 Å². The van der Waals surface area contributed by atoms with E-state index in [0.29, 0.717) is 47.2 Å². The number of carbonyl (C=O) groups is 3. The van der Waals surface area contributed by atoms with Crippen LogP contribution in [0.2, 0.25) is 0 Å². The van der Waals surface area contributed by atoms with Crippen LogP contribution in [0.3, 0.4) is 0 Å². The molecule has 2 aromatic heterocycles. The second kappa shape index (κ2) is 24.0. The summed E-state index contributed by atoms with van der Waals surface area (Å²) in [6.45, 7) is 0.226. The van der Waals surface area contributed by atoms with Gasteiger partial charge in [0.1, 0.15) is 23.1 Å². The molecule has 0 bridgehead atoms. The molecule has 12 heteroatoms. The van der Waals surface area contributed by atoms with E-state index < -0.39 is 0 Å². The molecule has 71 heavy (non-hydrogen) atoms. The first-order valence-corrected chi connectivity index (χ1v) is 25.7. The van der Waals surface area contributed by atoms with Crippen LogP contribution in [0.5, 0.6) is 17.2 Å². The molecule has 9 rings (SSSR count). The summed E-state index contributed by atoms with van der Waals surface area (Å²) in [6.07, 6.45) is 9.96.